The maximum absolute atomic E-state index is 5.58. The van der Waals surface area contributed by atoms with Crippen molar-refractivity contribution in [1.82, 2.24) is 15.1 Å². The smallest absolute Gasteiger partial charge is 0.0729 e. The second kappa shape index (κ2) is 8.22. The second-order valence-electron chi connectivity index (χ2n) is 3.95. The molecule has 1 atom stereocenters. The zero-order valence-electron chi connectivity index (χ0n) is 11.0. The molecule has 0 aromatic carbocycles. The van der Waals surface area contributed by atoms with E-state index in [1.807, 2.05) is 24.0 Å². The molecule has 0 amide bonds. The number of ether oxygens (including phenoxy) is 2. The first kappa shape index (κ1) is 14.2. The maximum Gasteiger partial charge on any atom is 0.0729 e. The molecule has 5 nitrogen and oxygen atoms in total. The van der Waals surface area contributed by atoms with E-state index in [-0.39, 0.29) is 6.04 Å². The van der Waals surface area contributed by atoms with E-state index in [1.165, 1.54) is 0 Å². The summed E-state index contributed by atoms with van der Waals surface area (Å²) in [5.41, 5.74) is 1.15. The topological polar surface area (TPSA) is 48.3 Å². The Labute approximate surface area is 103 Å². The standard InChI is InChI=1S/C12H23N3O2/c1-4-6-13-11(10-17-9-8-16-3)12-5-7-14-15(12)2/h5,7,11,13H,4,6,8-10H2,1-3H3. The van der Waals surface area contributed by atoms with Crippen LogP contribution < -0.4 is 5.32 Å². The fourth-order valence-electron chi connectivity index (χ4n) is 1.64. The summed E-state index contributed by atoms with van der Waals surface area (Å²) in [6.45, 7) is 5.02. The van der Waals surface area contributed by atoms with E-state index in [0.717, 1.165) is 18.7 Å². The molecular weight excluding hydrogens is 218 g/mol. The molecule has 0 aliphatic heterocycles. The average molecular weight is 241 g/mol. The number of hydrogen-bond donors (Lipinski definition) is 1. The highest BCUT2D eigenvalue weighted by atomic mass is 16.5. The van der Waals surface area contributed by atoms with Crippen LogP contribution in [0.4, 0.5) is 0 Å². The van der Waals surface area contributed by atoms with Crippen molar-refractivity contribution in [2.24, 2.45) is 7.05 Å². The van der Waals surface area contributed by atoms with Crippen LogP contribution in [0.1, 0.15) is 25.1 Å². The number of methoxy groups -OCH3 is 1. The number of aromatic nitrogens is 2. The predicted octanol–water partition coefficient (Wildman–Crippen LogP) is 1.12. The number of rotatable bonds is 9. The SMILES string of the molecule is CCCNC(COCCOC)c1ccnn1C. The van der Waals surface area contributed by atoms with Crippen LogP contribution in [-0.4, -0.2) is 43.3 Å². The maximum atomic E-state index is 5.58. The van der Waals surface area contributed by atoms with Crippen molar-refractivity contribution >= 4 is 0 Å². The molecule has 0 aliphatic rings. The van der Waals surface area contributed by atoms with Crippen molar-refractivity contribution in [1.29, 1.82) is 0 Å². The lowest BCUT2D eigenvalue weighted by Crippen LogP contribution is -2.28. The minimum absolute atomic E-state index is 0.194. The summed E-state index contributed by atoms with van der Waals surface area (Å²) in [6.07, 6.45) is 2.91. The zero-order chi connectivity index (χ0) is 12.5. The summed E-state index contributed by atoms with van der Waals surface area (Å²) < 4.78 is 12.4. The lowest BCUT2D eigenvalue weighted by atomic mass is 10.2. The van der Waals surface area contributed by atoms with Crippen molar-refractivity contribution < 1.29 is 9.47 Å². The van der Waals surface area contributed by atoms with Crippen molar-refractivity contribution in [3.05, 3.63) is 18.0 Å². The predicted molar refractivity (Wildman–Crippen MR) is 66.9 cm³/mol. The number of nitrogens with one attached hydrogen (secondary N) is 1. The lowest BCUT2D eigenvalue weighted by Gasteiger charge is -2.18. The minimum Gasteiger partial charge on any atom is -0.382 e. The summed E-state index contributed by atoms with van der Waals surface area (Å²) in [4.78, 5) is 0. The van der Waals surface area contributed by atoms with Gasteiger partial charge in [-0.15, -0.1) is 0 Å². The van der Waals surface area contributed by atoms with Crippen LogP contribution in [0.15, 0.2) is 12.3 Å². The number of hydrogen-bond acceptors (Lipinski definition) is 4. The lowest BCUT2D eigenvalue weighted by molar-refractivity contribution is 0.0575. The Hall–Kier alpha value is -0.910. The van der Waals surface area contributed by atoms with Crippen LogP contribution in [0, 0.1) is 0 Å². The molecule has 0 fully saturated rings. The van der Waals surface area contributed by atoms with E-state index in [9.17, 15) is 0 Å². The summed E-state index contributed by atoms with van der Waals surface area (Å²) in [5, 5.41) is 7.65. The summed E-state index contributed by atoms with van der Waals surface area (Å²) in [6, 6.07) is 2.21. The quantitative estimate of drug-likeness (QED) is 0.658. The van der Waals surface area contributed by atoms with Crippen LogP contribution >= 0.6 is 0 Å². The fraction of sp³-hybridized carbons (Fsp3) is 0.750. The van der Waals surface area contributed by atoms with Gasteiger partial charge in [0.15, 0.2) is 0 Å². The van der Waals surface area contributed by atoms with Gasteiger partial charge in [0.2, 0.25) is 0 Å². The molecule has 0 spiro atoms. The Balaban J connectivity index is 2.46. The van der Waals surface area contributed by atoms with Gasteiger partial charge in [-0.25, -0.2) is 0 Å². The van der Waals surface area contributed by atoms with Crippen molar-refractivity contribution in [3.63, 3.8) is 0 Å². The highest BCUT2D eigenvalue weighted by molar-refractivity contribution is 5.06. The Morgan fingerprint density at radius 2 is 2.29 bits per heavy atom. The van der Waals surface area contributed by atoms with Crippen LogP contribution in [0.25, 0.3) is 0 Å². The van der Waals surface area contributed by atoms with Gasteiger partial charge in [-0.2, -0.15) is 5.10 Å². The average Bonchev–Trinajstić information content (AvgIpc) is 2.75. The number of aryl methyl sites for hydroxylation is 1. The van der Waals surface area contributed by atoms with E-state index in [1.54, 1.807) is 7.11 Å². The van der Waals surface area contributed by atoms with Gasteiger partial charge in [0.25, 0.3) is 0 Å². The zero-order valence-corrected chi connectivity index (χ0v) is 11.0. The van der Waals surface area contributed by atoms with Gasteiger partial charge < -0.3 is 14.8 Å². The monoisotopic (exact) mass is 241 g/mol. The van der Waals surface area contributed by atoms with Gasteiger partial charge in [0.05, 0.1) is 31.6 Å². The molecular formula is C12H23N3O2. The molecule has 0 saturated carbocycles. The first-order chi connectivity index (χ1) is 8.29. The molecule has 1 rings (SSSR count). The van der Waals surface area contributed by atoms with Crippen LogP contribution in [-0.2, 0) is 16.5 Å². The van der Waals surface area contributed by atoms with Crippen LogP contribution in [0.2, 0.25) is 0 Å². The van der Waals surface area contributed by atoms with Gasteiger partial charge in [-0.3, -0.25) is 4.68 Å². The van der Waals surface area contributed by atoms with Crippen molar-refractivity contribution in [2.45, 2.75) is 19.4 Å². The summed E-state index contributed by atoms with van der Waals surface area (Å²) in [7, 11) is 3.63. The molecule has 0 saturated heterocycles. The second-order valence-corrected chi connectivity index (χ2v) is 3.95. The minimum atomic E-state index is 0.194. The molecule has 0 radical (unpaired) electrons. The molecule has 1 aromatic rings. The molecule has 98 valence electrons. The first-order valence-electron chi connectivity index (χ1n) is 6.07. The summed E-state index contributed by atoms with van der Waals surface area (Å²) in [5.74, 6) is 0. The van der Waals surface area contributed by atoms with Crippen molar-refractivity contribution in [3.8, 4) is 0 Å². The van der Waals surface area contributed by atoms with Crippen LogP contribution in [0.5, 0.6) is 0 Å². The first-order valence-corrected chi connectivity index (χ1v) is 6.07. The molecule has 1 unspecified atom stereocenters. The van der Waals surface area contributed by atoms with Gasteiger partial charge in [-0.1, -0.05) is 6.92 Å². The molecule has 5 heteroatoms. The third-order valence-corrected chi connectivity index (χ3v) is 2.57. The molecule has 1 heterocycles. The Morgan fingerprint density at radius 3 is 2.88 bits per heavy atom. The highest BCUT2D eigenvalue weighted by Gasteiger charge is 2.14. The molecule has 17 heavy (non-hydrogen) atoms. The Morgan fingerprint density at radius 1 is 1.47 bits per heavy atom. The Bertz CT molecular complexity index is 302. The fourth-order valence-corrected chi connectivity index (χ4v) is 1.64. The summed E-state index contributed by atoms with van der Waals surface area (Å²) >= 11 is 0. The molecule has 1 N–H and O–H groups in total. The third-order valence-electron chi connectivity index (χ3n) is 2.57. The third kappa shape index (κ3) is 4.85. The molecule has 1 aromatic heterocycles. The van der Waals surface area contributed by atoms with E-state index in [4.69, 9.17) is 9.47 Å². The Kier molecular flexibility index (Phi) is 6.84. The van der Waals surface area contributed by atoms with E-state index >= 15 is 0 Å². The van der Waals surface area contributed by atoms with Gasteiger partial charge in [0.1, 0.15) is 0 Å². The molecule has 0 bridgehead atoms. The number of nitrogens with zero attached hydrogens (tertiary/aromatic N) is 2. The van der Waals surface area contributed by atoms with Crippen LogP contribution in [0.3, 0.4) is 0 Å². The largest absolute Gasteiger partial charge is 0.382 e. The van der Waals surface area contributed by atoms with Gasteiger partial charge in [-0.05, 0) is 19.0 Å². The normalized spacial score (nSPS) is 12.9. The highest BCUT2D eigenvalue weighted by Crippen LogP contribution is 2.11. The van der Waals surface area contributed by atoms with Gasteiger partial charge in [0, 0.05) is 20.4 Å². The van der Waals surface area contributed by atoms with Gasteiger partial charge >= 0.3 is 0 Å². The molecule has 0 aliphatic carbocycles. The van der Waals surface area contributed by atoms with Crippen molar-refractivity contribution in [2.75, 3.05) is 33.5 Å². The van der Waals surface area contributed by atoms with E-state index in [0.29, 0.717) is 19.8 Å². The van der Waals surface area contributed by atoms with E-state index in [2.05, 4.69) is 17.3 Å². The van der Waals surface area contributed by atoms with E-state index < -0.39 is 0 Å².